The topological polar surface area (TPSA) is 131 Å². The molecule has 0 atom stereocenters. The number of anilines is 1. The molecule has 0 unspecified atom stereocenters. The summed E-state index contributed by atoms with van der Waals surface area (Å²) in [5, 5.41) is 5.75. The lowest BCUT2D eigenvalue weighted by atomic mass is 10.4. The Morgan fingerprint density at radius 3 is 2.70 bits per heavy atom. The summed E-state index contributed by atoms with van der Waals surface area (Å²) < 4.78 is 29.2. The monoisotopic (exact) mass is 361 g/mol. The molecule has 1 rings (SSSR count). The first-order valence-electron chi connectivity index (χ1n) is 6.14. The van der Waals surface area contributed by atoms with Crippen LogP contribution in [0.1, 0.15) is 9.67 Å². The second-order valence-corrected chi connectivity index (χ2v) is 6.83. The number of ether oxygens (including phenoxy) is 1. The highest BCUT2D eigenvalue weighted by Gasteiger charge is 2.18. The quantitative estimate of drug-likeness (QED) is 0.472. The molecule has 0 aliphatic heterocycles. The zero-order valence-corrected chi connectivity index (χ0v) is 13.8. The Balaban J connectivity index is 2.54. The molecule has 0 radical (unpaired) electrons. The molecule has 9 nitrogen and oxygen atoms in total. The largest absolute Gasteiger partial charge is 0.451 e. The average Bonchev–Trinajstić information content (AvgIpc) is 2.88. The fourth-order valence-electron chi connectivity index (χ4n) is 1.32. The van der Waals surface area contributed by atoms with Crippen LogP contribution >= 0.6 is 11.3 Å². The molecule has 0 aliphatic rings. The smallest absolute Gasteiger partial charge is 0.350 e. The van der Waals surface area contributed by atoms with Crippen LogP contribution in [-0.4, -0.2) is 45.7 Å². The molecule has 11 heteroatoms. The molecule has 126 valence electrons. The zero-order chi connectivity index (χ0) is 17.5. The van der Waals surface area contributed by atoms with Crippen LogP contribution in [0.25, 0.3) is 0 Å². The molecule has 3 N–H and O–H groups in total. The molecule has 0 bridgehead atoms. The normalized spacial score (nSPS) is 10.5. The summed E-state index contributed by atoms with van der Waals surface area (Å²) in [7, 11) is -3.55. The number of sulfonamides is 1. The number of rotatable bonds is 7. The fourth-order valence-corrected chi connectivity index (χ4v) is 2.69. The van der Waals surface area contributed by atoms with Gasteiger partial charge in [-0.15, -0.1) is 17.9 Å². The standard InChI is InChI=1S/C12H15N3O6S2/c1-3-5-13-12(18)14-9(16)7-21-11(17)10-8(4-6-22-10)15-23(2,19)20/h3-4,6,15H,1,5,7H2,2H3,(H2,13,14,16,18). The second-order valence-electron chi connectivity index (χ2n) is 4.16. The Labute approximate surface area is 136 Å². The highest BCUT2D eigenvalue weighted by molar-refractivity contribution is 7.92. The van der Waals surface area contributed by atoms with Crippen molar-refractivity contribution in [1.82, 2.24) is 10.6 Å². The third-order valence-corrected chi connectivity index (χ3v) is 3.63. The minimum absolute atomic E-state index is 0.000617. The van der Waals surface area contributed by atoms with Crippen molar-refractivity contribution in [2.75, 3.05) is 24.1 Å². The number of amides is 3. The molecule has 1 heterocycles. The molecule has 0 fully saturated rings. The van der Waals surface area contributed by atoms with E-state index >= 15 is 0 Å². The van der Waals surface area contributed by atoms with Gasteiger partial charge < -0.3 is 10.1 Å². The molecule has 0 saturated heterocycles. The Kier molecular flexibility index (Phi) is 6.72. The third kappa shape index (κ3) is 6.93. The predicted octanol–water partition coefficient (Wildman–Crippen LogP) is 0.288. The molecule has 0 saturated carbocycles. The summed E-state index contributed by atoms with van der Waals surface area (Å²) in [6.45, 7) is 2.88. The SMILES string of the molecule is C=CCNC(=O)NC(=O)COC(=O)c1sccc1NS(C)(=O)=O. The molecule has 0 spiro atoms. The van der Waals surface area contributed by atoms with Gasteiger partial charge in [0.1, 0.15) is 4.88 Å². The summed E-state index contributed by atoms with van der Waals surface area (Å²) in [5.74, 6) is -1.71. The minimum Gasteiger partial charge on any atom is -0.451 e. The van der Waals surface area contributed by atoms with Crippen LogP contribution in [0.4, 0.5) is 10.5 Å². The number of esters is 1. The zero-order valence-electron chi connectivity index (χ0n) is 12.1. The van der Waals surface area contributed by atoms with Crippen LogP contribution in [-0.2, 0) is 19.6 Å². The maximum Gasteiger partial charge on any atom is 0.350 e. The predicted molar refractivity (Wildman–Crippen MR) is 84.8 cm³/mol. The Morgan fingerprint density at radius 2 is 2.09 bits per heavy atom. The van der Waals surface area contributed by atoms with Crippen molar-refractivity contribution in [3.05, 3.63) is 29.0 Å². The van der Waals surface area contributed by atoms with Crippen LogP contribution in [0.5, 0.6) is 0 Å². The highest BCUT2D eigenvalue weighted by atomic mass is 32.2. The summed E-state index contributed by atoms with van der Waals surface area (Å²) >= 11 is 0.951. The summed E-state index contributed by atoms with van der Waals surface area (Å²) in [6, 6.07) is 0.645. The van der Waals surface area contributed by atoms with Crippen LogP contribution in [0.2, 0.25) is 0 Å². The van der Waals surface area contributed by atoms with Gasteiger partial charge in [0.2, 0.25) is 10.0 Å². The van der Waals surface area contributed by atoms with Crippen molar-refractivity contribution in [3.63, 3.8) is 0 Å². The number of nitrogens with one attached hydrogen (secondary N) is 3. The van der Waals surface area contributed by atoms with Crippen molar-refractivity contribution in [3.8, 4) is 0 Å². The molecule has 1 aromatic rings. The van der Waals surface area contributed by atoms with Gasteiger partial charge in [-0.05, 0) is 11.4 Å². The van der Waals surface area contributed by atoms with Gasteiger partial charge in [0, 0.05) is 6.54 Å². The Morgan fingerprint density at radius 1 is 1.39 bits per heavy atom. The van der Waals surface area contributed by atoms with E-state index in [4.69, 9.17) is 4.74 Å². The van der Waals surface area contributed by atoms with Crippen molar-refractivity contribution in [2.45, 2.75) is 0 Å². The van der Waals surface area contributed by atoms with Crippen molar-refractivity contribution >= 4 is 45.0 Å². The second kappa shape index (κ2) is 8.29. The van der Waals surface area contributed by atoms with E-state index in [1.165, 1.54) is 17.5 Å². The average molecular weight is 361 g/mol. The maximum absolute atomic E-state index is 11.8. The number of carbonyl (C=O) groups excluding carboxylic acids is 3. The van der Waals surface area contributed by atoms with Gasteiger partial charge in [-0.1, -0.05) is 6.08 Å². The number of imide groups is 1. The Hall–Kier alpha value is -2.40. The highest BCUT2D eigenvalue weighted by Crippen LogP contribution is 2.23. The van der Waals surface area contributed by atoms with Crippen LogP contribution < -0.4 is 15.4 Å². The van der Waals surface area contributed by atoms with Gasteiger partial charge in [0.05, 0.1) is 11.9 Å². The molecule has 23 heavy (non-hydrogen) atoms. The number of carbonyl (C=O) groups is 3. The van der Waals surface area contributed by atoms with E-state index in [0.29, 0.717) is 0 Å². The van der Waals surface area contributed by atoms with Gasteiger partial charge >= 0.3 is 12.0 Å². The third-order valence-electron chi connectivity index (χ3n) is 2.14. The van der Waals surface area contributed by atoms with Crippen molar-refractivity contribution < 1.29 is 27.5 Å². The van der Waals surface area contributed by atoms with E-state index in [1.807, 2.05) is 5.32 Å². The number of urea groups is 1. The van der Waals surface area contributed by atoms with E-state index in [1.54, 1.807) is 0 Å². The maximum atomic E-state index is 11.8. The van der Waals surface area contributed by atoms with Gasteiger partial charge in [-0.2, -0.15) is 0 Å². The van der Waals surface area contributed by atoms with Gasteiger partial charge in [0.15, 0.2) is 6.61 Å². The molecular formula is C12H15N3O6S2. The molecule has 0 aromatic carbocycles. The van der Waals surface area contributed by atoms with E-state index in [-0.39, 0.29) is 17.1 Å². The van der Waals surface area contributed by atoms with Gasteiger partial charge in [-0.25, -0.2) is 18.0 Å². The lowest BCUT2D eigenvalue weighted by Crippen LogP contribution is -2.41. The first-order valence-corrected chi connectivity index (χ1v) is 8.91. The molecular weight excluding hydrogens is 346 g/mol. The van der Waals surface area contributed by atoms with E-state index in [9.17, 15) is 22.8 Å². The van der Waals surface area contributed by atoms with E-state index in [2.05, 4.69) is 16.6 Å². The van der Waals surface area contributed by atoms with E-state index in [0.717, 1.165) is 17.6 Å². The van der Waals surface area contributed by atoms with Crippen molar-refractivity contribution in [2.24, 2.45) is 0 Å². The number of thiophene rings is 1. The summed E-state index contributed by atoms with van der Waals surface area (Å²) in [5.41, 5.74) is 0.0617. The molecule has 1 aromatic heterocycles. The van der Waals surface area contributed by atoms with E-state index < -0.39 is 34.5 Å². The van der Waals surface area contributed by atoms with Gasteiger partial charge in [0.25, 0.3) is 5.91 Å². The lowest BCUT2D eigenvalue weighted by Gasteiger charge is -2.07. The van der Waals surface area contributed by atoms with Gasteiger partial charge in [-0.3, -0.25) is 14.8 Å². The Bertz CT molecular complexity index is 710. The summed E-state index contributed by atoms with van der Waals surface area (Å²) in [4.78, 5) is 34.4. The van der Waals surface area contributed by atoms with Crippen molar-refractivity contribution in [1.29, 1.82) is 0 Å². The minimum atomic E-state index is -3.55. The van der Waals surface area contributed by atoms with Crippen LogP contribution in [0.15, 0.2) is 24.1 Å². The number of hydrogen-bond donors (Lipinski definition) is 3. The lowest BCUT2D eigenvalue weighted by molar-refractivity contribution is -0.123. The molecule has 0 aliphatic carbocycles. The fraction of sp³-hybridized carbons (Fsp3) is 0.250. The number of hydrogen-bond acceptors (Lipinski definition) is 7. The molecule has 3 amide bonds. The first kappa shape index (κ1) is 18.6. The van der Waals surface area contributed by atoms with Crippen LogP contribution in [0.3, 0.4) is 0 Å². The van der Waals surface area contributed by atoms with Crippen LogP contribution in [0, 0.1) is 0 Å². The first-order chi connectivity index (χ1) is 10.7. The summed E-state index contributed by atoms with van der Waals surface area (Å²) in [6.07, 6.45) is 2.37.